The van der Waals surface area contributed by atoms with Crippen molar-refractivity contribution >= 4 is 30.5 Å². The van der Waals surface area contributed by atoms with Crippen LogP contribution in [0.2, 0.25) is 5.02 Å². The molecule has 1 rings (SSSR count). The van der Waals surface area contributed by atoms with E-state index in [1.165, 1.54) is 12.1 Å². The van der Waals surface area contributed by atoms with Gasteiger partial charge in [-0.25, -0.2) is 0 Å². The van der Waals surface area contributed by atoms with Gasteiger partial charge >= 0.3 is 7.12 Å². The van der Waals surface area contributed by atoms with E-state index in [0.717, 1.165) is 0 Å². The fraction of sp³-hybridized carbons (Fsp3) is 0.125. The van der Waals surface area contributed by atoms with Crippen molar-refractivity contribution in [1.29, 1.82) is 0 Å². The standard InChI is InChI=1S/C8H8BClO3/c1-5-6(4-11)2-3-7(8(5)10)9(12)13/h2-4,12-13H,1H3. The monoisotopic (exact) mass is 198 g/mol. The van der Waals surface area contributed by atoms with E-state index < -0.39 is 7.12 Å². The first kappa shape index (κ1) is 10.2. The number of hydrogen-bond donors (Lipinski definition) is 2. The first-order valence-electron chi connectivity index (χ1n) is 3.68. The molecule has 5 heteroatoms. The Balaban J connectivity index is 3.31. The number of aldehydes is 1. The molecule has 0 spiro atoms. The van der Waals surface area contributed by atoms with Crippen LogP contribution in [0.4, 0.5) is 0 Å². The molecule has 0 aliphatic heterocycles. The number of rotatable bonds is 2. The normalized spacial score (nSPS) is 9.85. The van der Waals surface area contributed by atoms with Crippen LogP contribution in [0.5, 0.6) is 0 Å². The highest BCUT2D eigenvalue weighted by molar-refractivity contribution is 6.63. The summed E-state index contributed by atoms with van der Waals surface area (Å²) >= 11 is 5.79. The van der Waals surface area contributed by atoms with Crippen LogP contribution in [0.15, 0.2) is 12.1 Å². The van der Waals surface area contributed by atoms with E-state index >= 15 is 0 Å². The van der Waals surface area contributed by atoms with Gasteiger partial charge in [-0.2, -0.15) is 0 Å². The summed E-state index contributed by atoms with van der Waals surface area (Å²) in [6, 6.07) is 2.92. The Labute approximate surface area is 81.1 Å². The van der Waals surface area contributed by atoms with Crippen molar-refractivity contribution in [2.24, 2.45) is 0 Å². The van der Waals surface area contributed by atoms with Gasteiger partial charge in [0.25, 0.3) is 0 Å². The third-order valence-corrected chi connectivity index (χ3v) is 2.36. The van der Waals surface area contributed by atoms with Gasteiger partial charge in [-0.15, -0.1) is 0 Å². The summed E-state index contributed by atoms with van der Waals surface area (Å²) in [5.74, 6) is 0. The molecule has 68 valence electrons. The SMILES string of the molecule is Cc1c(C=O)ccc(B(O)O)c1Cl. The Kier molecular flexibility index (Phi) is 3.09. The first-order chi connectivity index (χ1) is 6.07. The molecule has 0 fully saturated rings. The number of carbonyl (C=O) groups excluding carboxylic acids is 1. The van der Waals surface area contributed by atoms with Gasteiger partial charge in [0.2, 0.25) is 0 Å². The van der Waals surface area contributed by atoms with Crippen LogP contribution in [0.25, 0.3) is 0 Å². The third-order valence-electron chi connectivity index (χ3n) is 1.86. The van der Waals surface area contributed by atoms with Crippen molar-refractivity contribution in [3.8, 4) is 0 Å². The summed E-state index contributed by atoms with van der Waals surface area (Å²) in [4.78, 5) is 10.5. The minimum absolute atomic E-state index is 0.213. The summed E-state index contributed by atoms with van der Waals surface area (Å²) in [5, 5.41) is 18.0. The third kappa shape index (κ3) is 1.91. The van der Waals surface area contributed by atoms with E-state index in [-0.39, 0.29) is 10.5 Å². The molecule has 1 aromatic carbocycles. The molecule has 3 nitrogen and oxygen atoms in total. The molecule has 0 atom stereocenters. The van der Waals surface area contributed by atoms with Gasteiger partial charge in [-0.05, 0) is 12.5 Å². The lowest BCUT2D eigenvalue weighted by molar-refractivity contribution is 0.112. The molecular weight excluding hydrogens is 190 g/mol. The Hall–Kier alpha value is -0.835. The van der Waals surface area contributed by atoms with Crippen molar-refractivity contribution in [2.45, 2.75) is 6.92 Å². The fourth-order valence-corrected chi connectivity index (χ4v) is 1.32. The van der Waals surface area contributed by atoms with Gasteiger partial charge in [-0.3, -0.25) is 4.79 Å². The quantitative estimate of drug-likeness (QED) is 0.525. The lowest BCUT2D eigenvalue weighted by Crippen LogP contribution is -2.31. The number of halogens is 1. The highest BCUT2D eigenvalue weighted by Crippen LogP contribution is 2.15. The van der Waals surface area contributed by atoms with Gasteiger partial charge in [0.05, 0.1) is 0 Å². The predicted octanol–water partition coefficient (Wildman–Crippen LogP) is 0.141. The summed E-state index contributed by atoms with van der Waals surface area (Å²) in [6.07, 6.45) is 0.675. The van der Waals surface area contributed by atoms with E-state index in [2.05, 4.69) is 0 Å². The van der Waals surface area contributed by atoms with Crippen LogP contribution in [0.1, 0.15) is 15.9 Å². The van der Waals surface area contributed by atoms with Crippen LogP contribution in [0.3, 0.4) is 0 Å². The van der Waals surface area contributed by atoms with Gasteiger partial charge < -0.3 is 10.0 Å². The van der Waals surface area contributed by atoms with E-state index in [9.17, 15) is 4.79 Å². The van der Waals surface area contributed by atoms with Gasteiger partial charge in [0, 0.05) is 16.0 Å². The van der Waals surface area contributed by atoms with Crippen molar-refractivity contribution in [2.75, 3.05) is 0 Å². The van der Waals surface area contributed by atoms with Gasteiger partial charge in [0.1, 0.15) is 6.29 Å². The summed E-state index contributed by atoms with van der Waals surface area (Å²) in [6.45, 7) is 1.65. The lowest BCUT2D eigenvalue weighted by atomic mass is 9.79. The van der Waals surface area contributed by atoms with E-state index in [4.69, 9.17) is 21.6 Å². The number of benzene rings is 1. The Bertz CT molecular complexity index is 338. The van der Waals surface area contributed by atoms with Crippen molar-refractivity contribution in [3.63, 3.8) is 0 Å². The van der Waals surface area contributed by atoms with Crippen molar-refractivity contribution in [1.82, 2.24) is 0 Å². The zero-order valence-electron chi connectivity index (χ0n) is 6.99. The van der Waals surface area contributed by atoms with Crippen LogP contribution < -0.4 is 5.46 Å². The summed E-state index contributed by atoms with van der Waals surface area (Å²) < 4.78 is 0. The molecule has 1 aromatic rings. The second-order valence-corrected chi connectivity index (χ2v) is 3.05. The molecule has 0 heterocycles. The molecule has 0 unspecified atom stereocenters. The molecule has 2 N–H and O–H groups in total. The molecule has 0 saturated carbocycles. The lowest BCUT2D eigenvalue weighted by Gasteiger charge is -2.07. The molecule has 0 saturated heterocycles. The van der Waals surface area contributed by atoms with Crippen LogP contribution in [-0.4, -0.2) is 23.5 Å². The summed E-state index contributed by atoms with van der Waals surface area (Å²) in [7, 11) is -1.60. The summed E-state index contributed by atoms with van der Waals surface area (Å²) in [5.41, 5.74) is 1.22. The van der Waals surface area contributed by atoms with Gasteiger partial charge in [0.15, 0.2) is 0 Å². The topological polar surface area (TPSA) is 57.5 Å². The molecule has 0 aromatic heterocycles. The van der Waals surface area contributed by atoms with Crippen LogP contribution >= 0.6 is 11.6 Å². The molecule has 13 heavy (non-hydrogen) atoms. The maximum Gasteiger partial charge on any atom is 0.489 e. The molecule has 0 aliphatic carbocycles. The average molecular weight is 198 g/mol. The molecular formula is C8H8BClO3. The predicted molar refractivity (Wildman–Crippen MR) is 51.4 cm³/mol. The van der Waals surface area contributed by atoms with E-state index in [1.807, 2.05) is 0 Å². The number of hydrogen-bond acceptors (Lipinski definition) is 3. The smallest absolute Gasteiger partial charge is 0.423 e. The molecule has 0 aliphatic rings. The molecule has 0 amide bonds. The second-order valence-electron chi connectivity index (χ2n) is 2.67. The highest BCUT2D eigenvalue weighted by Gasteiger charge is 2.17. The van der Waals surface area contributed by atoms with Crippen molar-refractivity contribution < 1.29 is 14.8 Å². The van der Waals surface area contributed by atoms with Crippen molar-refractivity contribution in [3.05, 3.63) is 28.3 Å². The van der Waals surface area contributed by atoms with E-state index in [0.29, 0.717) is 17.4 Å². The zero-order valence-corrected chi connectivity index (χ0v) is 7.75. The maximum atomic E-state index is 10.5. The molecule has 0 radical (unpaired) electrons. The Morgan fingerprint density at radius 3 is 2.54 bits per heavy atom. The minimum Gasteiger partial charge on any atom is -0.423 e. The molecule has 0 bridgehead atoms. The average Bonchev–Trinajstić information content (AvgIpc) is 2.09. The second kappa shape index (κ2) is 3.92. The zero-order chi connectivity index (χ0) is 10.0. The maximum absolute atomic E-state index is 10.5. The number of carbonyl (C=O) groups is 1. The van der Waals surface area contributed by atoms with E-state index in [1.54, 1.807) is 6.92 Å². The largest absolute Gasteiger partial charge is 0.489 e. The highest BCUT2D eigenvalue weighted by atomic mass is 35.5. The Morgan fingerprint density at radius 1 is 1.46 bits per heavy atom. The minimum atomic E-state index is -1.60. The fourth-order valence-electron chi connectivity index (χ4n) is 1.05. The van der Waals surface area contributed by atoms with Crippen LogP contribution in [-0.2, 0) is 0 Å². The first-order valence-corrected chi connectivity index (χ1v) is 4.06. The van der Waals surface area contributed by atoms with Gasteiger partial charge in [-0.1, -0.05) is 23.7 Å². The Morgan fingerprint density at radius 2 is 2.08 bits per heavy atom. The van der Waals surface area contributed by atoms with Crippen LogP contribution in [0, 0.1) is 6.92 Å².